The van der Waals surface area contributed by atoms with Gasteiger partial charge >= 0.3 is 5.97 Å². The molecule has 0 aliphatic heterocycles. The highest BCUT2D eigenvalue weighted by atomic mass is 16.6. The van der Waals surface area contributed by atoms with Crippen LogP contribution in [0.4, 0.5) is 5.69 Å². The molecular weight excluding hydrogens is 298 g/mol. The molecule has 0 saturated heterocycles. The van der Waals surface area contributed by atoms with E-state index in [9.17, 15) is 14.9 Å². The van der Waals surface area contributed by atoms with Gasteiger partial charge in [0.25, 0.3) is 5.69 Å². The first-order valence-electron chi connectivity index (χ1n) is 6.81. The lowest BCUT2D eigenvalue weighted by Gasteiger charge is -2.04. The van der Waals surface area contributed by atoms with Gasteiger partial charge in [-0.15, -0.1) is 0 Å². The van der Waals surface area contributed by atoms with Crippen LogP contribution >= 0.6 is 0 Å². The highest BCUT2D eigenvalue weighted by Gasteiger charge is 2.03. The largest absolute Gasteiger partial charge is 0.482 e. The third-order valence-corrected chi connectivity index (χ3v) is 3.04. The zero-order valence-electron chi connectivity index (χ0n) is 12.5. The van der Waals surface area contributed by atoms with Crippen molar-refractivity contribution in [2.24, 2.45) is 0 Å². The summed E-state index contributed by atoms with van der Waals surface area (Å²) >= 11 is 0. The lowest BCUT2D eigenvalue weighted by Crippen LogP contribution is -2.12. The van der Waals surface area contributed by atoms with Crippen LogP contribution in [0.15, 0.2) is 48.5 Å². The average Bonchev–Trinajstić information content (AvgIpc) is 2.59. The lowest BCUT2D eigenvalue weighted by molar-refractivity contribution is -0.384. The summed E-state index contributed by atoms with van der Waals surface area (Å²) < 4.78 is 9.74. The van der Waals surface area contributed by atoms with Crippen molar-refractivity contribution in [1.82, 2.24) is 0 Å². The van der Waals surface area contributed by atoms with Crippen LogP contribution in [0.1, 0.15) is 11.1 Å². The lowest BCUT2D eigenvalue weighted by atomic mass is 10.1. The van der Waals surface area contributed by atoms with Gasteiger partial charge in [-0.05, 0) is 35.4 Å². The van der Waals surface area contributed by atoms with Gasteiger partial charge in [-0.25, -0.2) is 4.79 Å². The normalized spacial score (nSPS) is 10.5. The SMILES string of the molecule is COC(=O)COc1ccc(/C=C/c2ccc([N+](=O)[O-])cc2)cc1. The number of esters is 1. The van der Waals surface area contributed by atoms with Crippen molar-refractivity contribution in [3.8, 4) is 5.75 Å². The maximum atomic E-state index is 11.0. The second-order valence-electron chi connectivity index (χ2n) is 4.62. The van der Waals surface area contributed by atoms with Gasteiger partial charge in [0.15, 0.2) is 6.61 Å². The third kappa shape index (κ3) is 4.96. The molecule has 6 nitrogen and oxygen atoms in total. The van der Waals surface area contributed by atoms with Crippen LogP contribution in [-0.4, -0.2) is 24.6 Å². The molecule has 0 spiro atoms. The first-order chi connectivity index (χ1) is 11.1. The van der Waals surface area contributed by atoms with E-state index < -0.39 is 10.9 Å². The van der Waals surface area contributed by atoms with Gasteiger partial charge in [0.1, 0.15) is 5.75 Å². The Hall–Kier alpha value is -3.15. The quantitative estimate of drug-likeness (QED) is 0.354. The third-order valence-electron chi connectivity index (χ3n) is 3.04. The number of methoxy groups -OCH3 is 1. The number of non-ortho nitro benzene ring substituents is 1. The Bertz CT molecular complexity index is 705. The van der Waals surface area contributed by atoms with Crippen LogP contribution in [0.5, 0.6) is 5.75 Å². The Morgan fingerprint density at radius 1 is 1.04 bits per heavy atom. The number of hydrogen-bond donors (Lipinski definition) is 0. The fraction of sp³-hybridized carbons (Fsp3) is 0.118. The van der Waals surface area contributed by atoms with E-state index in [1.165, 1.54) is 19.2 Å². The van der Waals surface area contributed by atoms with E-state index in [1.807, 2.05) is 24.3 Å². The Balaban J connectivity index is 1.97. The summed E-state index contributed by atoms with van der Waals surface area (Å²) in [5.74, 6) is 0.134. The molecule has 6 heteroatoms. The summed E-state index contributed by atoms with van der Waals surface area (Å²) in [6, 6.07) is 13.5. The molecule has 0 saturated carbocycles. The summed E-state index contributed by atoms with van der Waals surface area (Å²) in [6.45, 7) is -0.130. The zero-order chi connectivity index (χ0) is 16.7. The van der Waals surface area contributed by atoms with Crippen molar-refractivity contribution in [2.45, 2.75) is 0 Å². The van der Waals surface area contributed by atoms with E-state index in [2.05, 4.69) is 4.74 Å². The maximum Gasteiger partial charge on any atom is 0.343 e. The first kappa shape index (κ1) is 16.2. The molecule has 118 valence electrons. The molecule has 0 fully saturated rings. The summed E-state index contributed by atoms with van der Waals surface area (Å²) in [5, 5.41) is 10.6. The van der Waals surface area contributed by atoms with Crippen LogP contribution in [-0.2, 0) is 9.53 Å². The number of nitro benzene ring substituents is 1. The van der Waals surface area contributed by atoms with Gasteiger partial charge in [0, 0.05) is 12.1 Å². The van der Waals surface area contributed by atoms with Crippen molar-refractivity contribution in [1.29, 1.82) is 0 Å². The van der Waals surface area contributed by atoms with Crippen molar-refractivity contribution in [3.63, 3.8) is 0 Å². The van der Waals surface area contributed by atoms with Gasteiger partial charge in [-0.3, -0.25) is 10.1 Å². The van der Waals surface area contributed by atoms with Crippen LogP contribution < -0.4 is 4.74 Å². The molecule has 0 aromatic heterocycles. The molecule has 0 radical (unpaired) electrons. The Morgan fingerprint density at radius 2 is 1.57 bits per heavy atom. The monoisotopic (exact) mass is 313 g/mol. The summed E-state index contributed by atoms with van der Waals surface area (Å²) in [5.41, 5.74) is 1.87. The molecule has 0 bridgehead atoms. The number of nitro groups is 1. The van der Waals surface area contributed by atoms with Crippen molar-refractivity contribution in [2.75, 3.05) is 13.7 Å². The Labute approximate surface area is 133 Å². The summed E-state index contributed by atoms with van der Waals surface area (Å²) in [6.07, 6.45) is 3.74. The highest BCUT2D eigenvalue weighted by Crippen LogP contribution is 2.16. The molecule has 2 aromatic rings. The molecule has 0 aliphatic rings. The predicted octanol–water partition coefficient (Wildman–Crippen LogP) is 3.32. The highest BCUT2D eigenvalue weighted by molar-refractivity contribution is 5.71. The van der Waals surface area contributed by atoms with Crippen LogP contribution in [0, 0.1) is 10.1 Å². The fourth-order valence-electron chi connectivity index (χ4n) is 1.78. The van der Waals surface area contributed by atoms with Crippen molar-refractivity contribution < 1.29 is 19.2 Å². The van der Waals surface area contributed by atoms with Crippen LogP contribution in [0.2, 0.25) is 0 Å². The first-order valence-corrected chi connectivity index (χ1v) is 6.81. The van der Waals surface area contributed by atoms with E-state index in [-0.39, 0.29) is 12.3 Å². The van der Waals surface area contributed by atoms with Gasteiger partial charge in [-0.1, -0.05) is 24.3 Å². The molecule has 0 heterocycles. The predicted molar refractivity (Wildman–Crippen MR) is 86.0 cm³/mol. The van der Waals surface area contributed by atoms with Gasteiger partial charge < -0.3 is 9.47 Å². The van der Waals surface area contributed by atoms with Gasteiger partial charge in [-0.2, -0.15) is 0 Å². The molecule has 0 unspecified atom stereocenters. The average molecular weight is 313 g/mol. The fourth-order valence-corrected chi connectivity index (χ4v) is 1.78. The number of ether oxygens (including phenoxy) is 2. The van der Waals surface area contributed by atoms with Crippen LogP contribution in [0.3, 0.4) is 0 Å². The minimum atomic E-state index is -0.438. The number of hydrogen-bond acceptors (Lipinski definition) is 5. The molecular formula is C17H15NO5. The van der Waals surface area contributed by atoms with E-state index in [4.69, 9.17) is 4.74 Å². The number of nitrogens with zero attached hydrogens (tertiary/aromatic N) is 1. The molecule has 2 aromatic carbocycles. The molecule has 0 amide bonds. The molecule has 0 aliphatic carbocycles. The standard InChI is InChI=1S/C17H15NO5/c1-22-17(19)12-23-16-10-6-14(7-11-16)3-2-13-4-8-15(9-5-13)18(20)21/h2-11H,12H2,1H3/b3-2+. The Morgan fingerprint density at radius 3 is 2.04 bits per heavy atom. The minimum absolute atomic E-state index is 0.0641. The number of rotatable bonds is 6. The van der Waals surface area contributed by atoms with E-state index >= 15 is 0 Å². The van der Waals surface area contributed by atoms with Crippen molar-refractivity contribution >= 4 is 23.8 Å². The molecule has 0 atom stereocenters. The van der Waals surface area contributed by atoms with E-state index in [1.54, 1.807) is 24.3 Å². The summed E-state index contributed by atoms with van der Waals surface area (Å²) in [7, 11) is 1.30. The Kier molecular flexibility index (Phi) is 5.46. The second kappa shape index (κ2) is 7.74. The van der Waals surface area contributed by atoms with Gasteiger partial charge in [0.05, 0.1) is 12.0 Å². The molecule has 2 rings (SSSR count). The summed E-state index contributed by atoms with van der Waals surface area (Å²) in [4.78, 5) is 21.1. The number of carbonyl (C=O) groups is 1. The number of benzene rings is 2. The van der Waals surface area contributed by atoms with Gasteiger partial charge in [0.2, 0.25) is 0 Å². The number of carbonyl (C=O) groups excluding carboxylic acids is 1. The van der Waals surface area contributed by atoms with E-state index in [0.717, 1.165) is 11.1 Å². The van der Waals surface area contributed by atoms with Crippen LogP contribution in [0.25, 0.3) is 12.2 Å². The van der Waals surface area contributed by atoms with Crippen molar-refractivity contribution in [3.05, 3.63) is 69.8 Å². The smallest absolute Gasteiger partial charge is 0.343 e. The molecule has 0 N–H and O–H groups in total. The molecule has 23 heavy (non-hydrogen) atoms. The zero-order valence-corrected chi connectivity index (χ0v) is 12.5. The maximum absolute atomic E-state index is 11.0. The second-order valence-corrected chi connectivity index (χ2v) is 4.62. The topological polar surface area (TPSA) is 78.7 Å². The van der Waals surface area contributed by atoms with E-state index in [0.29, 0.717) is 5.75 Å². The minimum Gasteiger partial charge on any atom is -0.482 e.